The Morgan fingerprint density at radius 1 is 1.29 bits per heavy atom. The van der Waals surface area contributed by atoms with Gasteiger partial charge in [0.2, 0.25) is 0 Å². The maximum absolute atomic E-state index is 10.9. The van der Waals surface area contributed by atoms with Crippen molar-refractivity contribution in [3.63, 3.8) is 0 Å². The number of carboxylic acid groups (broad SMARTS) is 2. The van der Waals surface area contributed by atoms with Crippen molar-refractivity contribution in [3.05, 3.63) is 12.2 Å². The normalized spacial score (nSPS) is 10.9. The third-order valence-corrected chi connectivity index (χ3v) is 1.82. The Kier molecular flexibility index (Phi) is 9.47. The van der Waals surface area contributed by atoms with Gasteiger partial charge in [0.05, 0.1) is 18.9 Å². The average molecular weight is 296 g/mol. The van der Waals surface area contributed by atoms with Crippen molar-refractivity contribution < 1.29 is 48.8 Å². The number of carboxylic acids is 2. The third kappa shape index (κ3) is 8.57. The minimum absolute atomic E-state index is 0. The van der Waals surface area contributed by atoms with Crippen molar-refractivity contribution in [3.8, 4) is 0 Å². The van der Waals surface area contributed by atoms with E-state index in [9.17, 15) is 14.4 Å². The van der Waals surface area contributed by atoms with Gasteiger partial charge in [-0.05, 0) is 13.3 Å². The van der Waals surface area contributed by atoms with Crippen LogP contribution in [0.3, 0.4) is 0 Å². The van der Waals surface area contributed by atoms with Gasteiger partial charge >= 0.3 is 17.9 Å². The number of esters is 1. The summed E-state index contributed by atoms with van der Waals surface area (Å²) >= 11 is 0. The summed E-state index contributed by atoms with van der Waals surface area (Å²) in [6.45, 7) is 4.69. The Hall–Kier alpha value is -1.23. The molecule has 2 N–H and O–H groups in total. The first-order valence-corrected chi connectivity index (χ1v) is 4.61. The minimum Gasteiger partial charge on any atom is -0.481 e. The number of hydrogen-bond donors (Lipinski definition) is 2. The van der Waals surface area contributed by atoms with Gasteiger partial charge in [-0.25, -0.2) is 4.79 Å². The van der Waals surface area contributed by atoms with Crippen LogP contribution in [0.15, 0.2) is 12.2 Å². The molecule has 0 radical (unpaired) electrons. The molecule has 0 bridgehead atoms. The largest absolute Gasteiger partial charge is 0.481 e. The minimum atomic E-state index is -1.21. The van der Waals surface area contributed by atoms with Crippen molar-refractivity contribution >= 4 is 17.9 Å². The zero-order chi connectivity index (χ0) is 12.7. The Morgan fingerprint density at radius 3 is 2.18 bits per heavy atom. The van der Waals surface area contributed by atoms with Gasteiger partial charge in [-0.3, -0.25) is 9.59 Å². The molecule has 6 nitrogen and oxygen atoms in total. The van der Waals surface area contributed by atoms with Gasteiger partial charge in [-0.1, -0.05) is 6.58 Å². The number of ether oxygens (including phenoxy) is 1. The summed E-state index contributed by atoms with van der Waals surface area (Å²) in [7, 11) is 0. The van der Waals surface area contributed by atoms with E-state index >= 15 is 0 Å². The summed E-state index contributed by atoms with van der Waals surface area (Å²) in [6.07, 6.45) is -0.513. The second-order valence-corrected chi connectivity index (χ2v) is 3.34. The Balaban J connectivity index is 0. The quantitative estimate of drug-likeness (QED) is 0.407. The van der Waals surface area contributed by atoms with E-state index in [0.29, 0.717) is 0 Å². The molecule has 0 heterocycles. The van der Waals surface area contributed by atoms with Gasteiger partial charge in [0.15, 0.2) is 0 Å². The molecule has 0 aromatic carbocycles. The van der Waals surface area contributed by atoms with Crippen molar-refractivity contribution in [2.75, 3.05) is 6.61 Å². The molecule has 0 saturated carbocycles. The van der Waals surface area contributed by atoms with Crippen LogP contribution in [-0.2, 0) is 38.6 Å². The van der Waals surface area contributed by atoms with Crippen LogP contribution >= 0.6 is 0 Å². The van der Waals surface area contributed by atoms with Crippen LogP contribution in [0.5, 0.6) is 0 Å². The molecule has 92 valence electrons. The predicted octanol–water partition coefficient (Wildman–Crippen LogP) is 0.669. The summed E-state index contributed by atoms with van der Waals surface area (Å²) < 4.78 is 4.67. The molecule has 17 heavy (non-hydrogen) atoms. The number of hydrogen-bond acceptors (Lipinski definition) is 4. The molecule has 0 aliphatic heterocycles. The van der Waals surface area contributed by atoms with E-state index in [-0.39, 0.29) is 38.1 Å². The van der Waals surface area contributed by atoms with E-state index in [1.54, 1.807) is 0 Å². The van der Waals surface area contributed by atoms with E-state index in [1.165, 1.54) is 6.92 Å². The first kappa shape index (κ1) is 18.1. The molecule has 0 fully saturated rings. The van der Waals surface area contributed by atoms with E-state index < -0.39 is 30.2 Å². The smallest absolute Gasteiger partial charge is 0.333 e. The second-order valence-electron chi connectivity index (χ2n) is 3.34. The zero-order valence-corrected chi connectivity index (χ0v) is 12.6. The Morgan fingerprint density at radius 2 is 1.82 bits per heavy atom. The van der Waals surface area contributed by atoms with Crippen LogP contribution in [0.25, 0.3) is 0 Å². The fourth-order valence-electron chi connectivity index (χ4n) is 0.941. The maximum atomic E-state index is 10.9. The molecule has 1 unspecified atom stereocenters. The van der Waals surface area contributed by atoms with Gasteiger partial charge in [-0.2, -0.15) is 0 Å². The number of aliphatic carboxylic acids is 2. The standard InChI is InChI=1S/C10H14O6.Zn/c1-6(2)10(15)16-4-3-7(9(13)14)5-8(11)12;/h7H,1,3-5H2,2H3,(H,11,12)(H,13,14);. The fourth-order valence-corrected chi connectivity index (χ4v) is 0.941. The molecule has 1 atom stereocenters. The second kappa shape index (κ2) is 8.87. The van der Waals surface area contributed by atoms with E-state index in [4.69, 9.17) is 10.2 Å². The molecule has 0 aliphatic carbocycles. The average Bonchev–Trinajstić information content (AvgIpc) is 2.14. The number of carbonyl (C=O) groups excluding carboxylic acids is 1. The third-order valence-electron chi connectivity index (χ3n) is 1.82. The molecule has 0 spiro atoms. The molecule has 0 aromatic heterocycles. The summed E-state index contributed by atoms with van der Waals surface area (Å²) in [5.74, 6) is -4.07. The van der Waals surface area contributed by atoms with Crippen LogP contribution in [0.1, 0.15) is 19.8 Å². The van der Waals surface area contributed by atoms with Crippen molar-refractivity contribution in [1.29, 1.82) is 0 Å². The Labute approximate surface area is 111 Å². The van der Waals surface area contributed by atoms with Crippen molar-refractivity contribution in [2.24, 2.45) is 5.92 Å². The van der Waals surface area contributed by atoms with Gasteiger partial charge < -0.3 is 14.9 Å². The van der Waals surface area contributed by atoms with Gasteiger partial charge in [0.25, 0.3) is 0 Å². The van der Waals surface area contributed by atoms with E-state index in [1.807, 2.05) is 0 Å². The predicted molar refractivity (Wildman–Crippen MR) is 53.8 cm³/mol. The SMILES string of the molecule is C=C(C)C(=O)OCCC(CC(=O)O)C(=O)O.[Zn]. The van der Waals surface area contributed by atoms with Crippen LogP contribution in [0.4, 0.5) is 0 Å². The van der Waals surface area contributed by atoms with Crippen LogP contribution < -0.4 is 0 Å². The number of carbonyl (C=O) groups is 3. The van der Waals surface area contributed by atoms with Crippen LogP contribution in [0, 0.1) is 5.92 Å². The van der Waals surface area contributed by atoms with Crippen molar-refractivity contribution in [2.45, 2.75) is 19.8 Å². The molecule has 0 rings (SSSR count). The van der Waals surface area contributed by atoms with Gasteiger partial charge in [0.1, 0.15) is 0 Å². The monoisotopic (exact) mass is 294 g/mol. The summed E-state index contributed by atoms with van der Waals surface area (Å²) in [5, 5.41) is 17.1. The van der Waals surface area contributed by atoms with E-state index in [0.717, 1.165) is 0 Å². The zero-order valence-electron chi connectivity index (χ0n) is 9.64. The van der Waals surface area contributed by atoms with Gasteiger partial charge in [0, 0.05) is 25.1 Å². The maximum Gasteiger partial charge on any atom is 0.333 e. The summed E-state index contributed by atoms with van der Waals surface area (Å²) in [6, 6.07) is 0. The van der Waals surface area contributed by atoms with Crippen molar-refractivity contribution in [1.82, 2.24) is 0 Å². The molecule has 0 aromatic rings. The molecule has 0 saturated heterocycles. The topological polar surface area (TPSA) is 101 Å². The van der Waals surface area contributed by atoms with E-state index in [2.05, 4.69) is 11.3 Å². The molecular weight excluding hydrogens is 281 g/mol. The first-order chi connectivity index (χ1) is 7.34. The number of rotatable bonds is 7. The molecule has 7 heteroatoms. The van der Waals surface area contributed by atoms with Gasteiger partial charge in [-0.15, -0.1) is 0 Å². The van der Waals surface area contributed by atoms with Crippen LogP contribution in [0.2, 0.25) is 0 Å². The summed E-state index contributed by atoms with van der Waals surface area (Å²) in [5.41, 5.74) is 0.213. The summed E-state index contributed by atoms with van der Waals surface area (Å²) in [4.78, 5) is 31.9. The Bertz CT molecular complexity index is 312. The molecule has 0 aliphatic rings. The first-order valence-electron chi connectivity index (χ1n) is 4.61. The fraction of sp³-hybridized carbons (Fsp3) is 0.500. The molecule has 0 amide bonds. The van der Waals surface area contributed by atoms with Crippen LogP contribution in [-0.4, -0.2) is 34.7 Å². The molecular formula is C10H14O6Zn.